The maximum Gasteiger partial charge on any atom is 0.0583 e. The molecule has 1 rings (SSSR count). The fourth-order valence-electron chi connectivity index (χ4n) is 4.64. The molecule has 1 N–H and O–H groups in total. The molecule has 0 spiro atoms. The number of aliphatic hydroxyl groups excluding tert-OH is 1. The lowest BCUT2D eigenvalue weighted by Crippen LogP contribution is -2.42. The van der Waals surface area contributed by atoms with E-state index < -0.39 is 0 Å². The minimum Gasteiger partial charge on any atom is -0.393 e. The number of rotatable bonds is 15. The van der Waals surface area contributed by atoms with E-state index in [1.165, 1.54) is 103 Å². The molecule has 0 radical (unpaired) electrons. The van der Waals surface area contributed by atoms with Crippen LogP contribution in [0.4, 0.5) is 0 Å². The normalized spacial score (nSPS) is 22.4. The van der Waals surface area contributed by atoms with Crippen molar-refractivity contribution in [3.05, 3.63) is 0 Å². The average molecular weight is 354 g/mol. The van der Waals surface area contributed by atoms with Crippen LogP contribution < -0.4 is 0 Å². The van der Waals surface area contributed by atoms with E-state index in [1.54, 1.807) is 0 Å². The van der Waals surface area contributed by atoms with Crippen molar-refractivity contribution in [3.8, 4) is 0 Å². The zero-order valence-electron chi connectivity index (χ0n) is 17.6. The van der Waals surface area contributed by atoms with E-state index in [4.69, 9.17) is 0 Å². The lowest BCUT2D eigenvalue weighted by Gasteiger charge is -2.38. The second-order valence-electron chi connectivity index (χ2n) is 8.72. The summed E-state index contributed by atoms with van der Waals surface area (Å²) < 4.78 is 0. The molecule has 1 fully saturated rings. The second-order valence-corrected chi connectivity index (χ2v) is 8.72. The van der Waals surface area contributed by atoms with Crippen LogP contribution in [0.5, 0.6) is 0 Å². The molecule has 0 aliphatic heterocycles. The van der Waals surface area contributed by atoms with Gasteiger partial charge in [-0.05, 0) is 33.4 Å². The Morgan fingerprint density at radius 1 is 0.760 bits per heavy atom. The summed E-state index contributed by atoms with van der Waals surface area (Å²) in [5.74, 6) is 0.511. The van der Waals surface area contributed by atoms with E-state index in [1.807, 2.05) is 0 Å². The quantitative estimate of drug-likeness (QED) is 0.337. The van der Waals surface area contributed by atoms with Gasteiger partial charge in [0.2, 0.25) is 0 Å². The highest BCUT2D eigenvalue weighted by Gasteiger charge is 2.31. The smallest absolute Gasteiger partial charge is 0.0583 e. The molecular formula is C23H47NO. The van der Waals surface area contributed by atoms with Gasteiger partial charge >= 0.3 is 0 Å². The van der Waals surface area contributed by atoms with Gasteiger partial charge in [-0.2, -0.15) is 0 Å². The molecule has 0 aromatic heterocycles. The van der Waals surface area contributed by atoms with Crippen molar-refractivity contribution in [1.82, 2.24) is 4.90 Å². The van der Waals surface area contributed by atoms with Crippen LogP contribution in [-0.2, 0) is 0 Å². The summed E-state index contributed by atoms with van der Waals surface area (Å²) in [6.07, 6.45) is 23.0. The first-order chi connectivity index (χ1) is 12.2. The van der Waals surface area contributed by atoms with Crippen LogP contribution in [0, 0.1) is 5.92 Å². The largest absolute Gasteiger partial charge is 0.393 e. The Labute approximate surface area is 158 Å². The molecule has 0 amide bonds. The van der Waals surface area contributed by atoms with E-state index in [2.05, 4.69) is 25.9 Å². The molecule has 2 heteroatoms. The van der Waals surface area contributed by atoms with Gasteiger partial charge in [-0.15, -0.1) is 0 Å². The van der Waals surface area contributed by atoms with Gasteiger partial charge in [0.1, 0.15) is 0 Å². The average Bonchev–Trinajstić information content (AvgIpc) is 2.60. The predicted octanol–water partition coefficient (Wildman–Crippen LogP) is 6.56. The molecule has 25 heavy (non-hydrogen) atoms. The highest BCUT2D eigenvalue weighted by molar-refractivity contribution is 4.84. The number of aliphatic hydroxyl groups is 1. The minimum atomic E-state index is -0.0570. The summed E-state index contributed by atoms with van der Waals surface area (Å²) in [5, 5.41) is 10.4. The molecule has 150 valence electrons. The molecule has 0 bridgehead atoms. The number of hydrogen-bond acceptors (Lipinski definition) is 2. The second kappa shape index (κ2) is 15.0. The van der Waals surface area contributed by atoms with Gasteiger partial charge < -0.3 is 10.0 Å². The Kier molecular flexibility index (Phi) is 13.8. The third-order valence-corrected chi connectivity index (χ3v) is 6.29. The van der Waals surface area contributed by atoms with Crippen LogP contribution in [0.15, 0.2) is 0 Å². The SMILES string of the molecule is CCCCCCCCCCCCCCC(C1CCCCC1O)N(C)C. The highest BCUT2D eigenvalue weighted by Crippen LogP contribution is 2.31. The van der Waals surface area contributed by atoms with Crippen molar-refractivity contribution in [3.63, 3.8) is 0 Å². The van der Waals surface area contributed by atoms with Crippen molar-refractivity contribution in [2.24, 2.45) is 5.92 Å². The summed E-state index contributed by atoms with van der Waals surface area (Å²) in [6.45, 7) is 2.29. The van der Waals surface area contributed by atoms with E-state index in [0.29, 0.717) is 12.0 Å². The molecule has 1 saturated carbocycles. The van der Waals surface area contributed by atoms with Gasteiger partial charge in [-0.1, -0.05) is 96.8 Å². The van der Waals surface area contributed by atoms with E-state index in [0.717, 1.165) is 6.42 Å². The summed E-state index contributed by atoms with van der Waals surface area (Å²) in [4.78, 5) is 2.37. The molecule has 0 aromatic rings. The molecular weight excluding hydrogens is 306 g/mol. The topological polar surface area (TPSA) is 23.5 Å². The summed E-state index contributed by atoms with van der Waals surface area (Å²) in [7, 11) is 4.40. The monoisotopic (exact) mass is 353 g/mol. The Bertz CT molecular complexity index is 292. The van der Waals surface area contributed by atoms with Gasteiger partial charge in [0.25, 0.3) is 0 Å². The maximum absolute atomic E-state index is 10.4. The minimum absolute atomic E-state index is 0.0570. The summed E-state index contributed by atoms with van der Waals surface area (Å²) in [5.41, 5.74) is 0. The molecule has 3 unspecified atom stereocenters. The van der Waals surface area contributed by atoms with E-state index >= 15 is 0 Å². The molecule has 0 aromatic carbocycles. The zero-order chi connectivity index (χ0) is 18.3. The third-order valence-electron chi connectivity index (χ3n) is 6.29. The molecule has 2 nitrogen and oxygen atoms in total. The molecule has 1 aliphatic rings. The Hall–Kier alpha value is -0.0800. The van der Waals surface area contributed by atoms with Crippen LogP contribution in [0.25, 0.3) is 0 Å². The molecule has 1 aliphatic carbocycles. The van der Waals surface area contributed by atoms with Crippen LogP contribution in [0.1, 0.15) is 116 Å². The molecule has 0 saturated heterocycles. The Balaban J connectivity index is 1.99. The fraction of sp³-hybridized carbons (Fsp3) is 1.00. The van der Waals surface area contributed by atoms with Gasteiger partial charge in [0.15, 0.2) is 0 Å². The lowest BCUT2D eigenvalue weighted by atomic mass is 9.79. The third kappa shape index (κ3) is 10.6. The Morgan fingerprint density at radius 3 is 1.72 bits per heavy atom. The van der Waals surface area contributed by atoms with Crippen LogP contribution in [0.3, 0.4) is 0 Å². The van der Waals surface area contributed by atoms with E-state index in [-0.39, 0.29) is 6.10 Å². The van der Waals surface area contributed by atoms with Gasteiger partial charge in [0.05, 0.1) is 6.10 Å². The van der Waals surface area contributed by atoms with Gasteiger partial charge in [0, 0.05) is 12.0 Å². The Morgan fingerprint density at radius 2 is 1.24 bits per heavy atom. The van der Waals surface area contributed by atoms with Crippen molar-refractivity contribution in [1.29, 1.82) is 0 Å². The van der Waals surface area contributed by atoms with Gasteiger partial charge in [-0.25, -0.2) is 0 Å². The number of hydrogen-bond donors (Lipinski definition) is 1. The van der Waals surface area contributed by atoms with Crippen molar-refractivity contribution in [2.45, 2.75) is 128 Å². The lowest BCUT2D eigenvalue weighted by molar-refractivity contribution is 0.0194. The number of unbranched alkanes of at least 4 members (excludes halogenated alkanes) is 11. The first-order valence-electron chi connectivity index (χ1n) is 11.5. The van der Waals surface area contributed by atoms with Crippen LogP contribution >= 0.6 is 0 Å². The summed E-state index contributed by atoms with van der Waals surface area (Å²) in [6, 6.07) is 0.582. The van der Waals surface area contributed by atoms with Crippen molar-refractivity contribution in [2.75, 3.05) is 14.1 Å². The highest BCUT2D eigenvalue weighted by atomic mass is 16.3. The zero-order valence-corrected chi connectivity index (χ0v) is 17.6. The van der Waals surface area contributed by atoms with Crippen molar-refractivity contribution < 1.29 is 5.11 Å². The van der Waals surface area contributed by atoms with Crippen LogP contribution in [0.2, 0.25) is 0 Å². The first kappa shape index (κ1) is 23.0. The standard InChI is InChI=1S/C23H47NO/c1-4-5-6-7-8-9-10-11-12-13-14-15-19-22(24(2)3)21-18-16-17-20-23(21)25/h21-23,25H,4-20H2,1-3H3. The first-order valence-corrected chi connectivity index (χ1v) is 11.5. The maximum atomic E-state index is 10.4. The molecule has 0 heterocycles. The van der Waals surface area contributed by atoms with Crippen LogP contribution in [-0.4, -0.2) is 36.2 Å². The fourth-order valence-corrected chi connectivity index (χ4v) is 4.64. The predicted molar refractivity (Wildman–Crippen MR) is 111 cm³/mol. The van der Waals surface area contributed by atoms with Crippen molar-refractivity contribution >= 4 is 0 Å². The summed E-state index contributed by atoms with van der Waals surface area (Å²) >= 11 is 0. The molecule has 3 atom stereocenters. The van der Waals surface area contributed by atoms with Gasteiger partial charge in [-0.3, -0.25) is 0 Å². The number of nitrogens with zero attached hydrogens (tertiary/aromatic N) is 1. The van der Waals surface area contributed by atoms with E-state index in [9.17, 15) is 5.11 Å².